The molecule has 5 heteroatoms. The average molecular weight is 311 g/mol. The molecule has 1 saturated carbocycles. The number of likely N-dealkylation sites (tertiary alicyclic amines) is 1. The van der Waals surface area contributed by atoms with Gasteiger partial charge in [0, 0.05) is 48.6 Å². The number of para-hydroxylation sites is 1. The molecular formula is C18H21N3O2. The molecule has 2 aliphatic rings. The predicted octanol–water partition coefficient (Wildman–Crippen LogP) is 1.84. The van der Waals surface area contributed by atoms with Crippen molar-refractivity contribution in [2.45, 2.75) is 31.7 Å². The lowest BCUT2D eigenvalue weighted by Crippen LogP contribution is -2.32. The van der Waals surface area contributed by atoms with Crippen LogP contribution in [0, 0.1) is 5.92 Å². The van der Waals surface area contributed by atoms with Crippen molar-refractivity contribution in [3.63, 3.8) is 0 Å². The number of nitrogens with one attached hydrogen (secondary N) is 2. The first-order chi connectivity index (χ1) is 11.2. The topological polar surface area (TPSA) is 65.2 Å². The summed E-state index contributed by atoms with van der Waals surface area (Å²) in [6.07, 6.45) is 5.13. The van der Waals surface area contributed by atoms with Gasteiger partial charge in [-0.05, 0) is 24.5 Å². The molecule has 120 valence electrons. The van der Waals surface area contributed by atoms with Gasteiger partial charge in [0.15, 0.2) is 0 Å². The third-order valence-electron chi connectivity index (χ3n) is 4.84. The number of hydrogen-bond acceptors (Lipinski definition) is 2. The maximum absolute atomic E-state index is 12.2. The number of H-pyrrole nitrogens is 1. The molecule has 1 unspecified atom stereocenters. The van der Waals surface area contributed by atoms with Crippen molar-refractivity contribution < 1.29 is 9.59 Å². The van der Waals surface area contributed by atoms with E-state index < -0.39 is 0 Å². The number of aromatic amines is 1. The summed E-state index contributed by atoms with van der Waals surface area (Å²) in [6.45, 7) is 1.40. The number of fused-ring (bicyclic) bond motifs is 1. The molecule has 23 heavy (non-hydrogen) atoms. The van der Waals surface area contributed by atoms with E-state index in [0.29, 0.717) is 25.4 Å². The van der Waals surface area contributed by atoms with Gasteiger partial charge in [0.2, 0.25) is 11.8 Å². The quantitative estimate of drug-likeness (QED) is 0.885. The lowest BCUT2D eigenvalue weighted by Gasteiger charge is -2.15. The van der Waals surface area contributed by atoms with E-state index in [1.165, 1.54) is 0 Å². The molecule has 2 fully saturated rings. The largest absolute Gasteiger partial charge is 0.361 e. The number of nitrogens with zero attached hydrogens (tertiary/aromatic N) is 1. The number of rotatable bonds is 5. The van der Waals surface area contributed by atoms with Crippen molar-refractivity contribution in [1.29, 1.82) is 0 Å². The van der Waals surface area contributed by atoms with Gasteiger partial charge in [-0.3, -0.25) is 9.59 Å². The van der Waals surface area contributed by atoms with Crippen molar-refractivity contribution in [3.8, 4) is 0 Å². The fourth-order valence-corrected chi connectivity index (χ4v) is 3.46. The van der Waals surface area contributed by atoms with Crippen molar-refractivity contribution in [2.24, 2.45) is 5.92 Å². The molecule has 0 bridgehead atoms. The second kappa shape index (κ2) is 5.72. The smallest absolute Gasteiger partial charge is 0.224 e. The number of carbonyl (C=O) groups excluding carboxylic acids is 2. The van der Waals surface area contributed by atoms with Gasteiger partial charge in [0.25, 0.3) is 0 Å². The standard InChI is InChI=1S/C18H21N3O2/c22-17(8-13-10-19-16-4-2-1-3-15(13)16)20-9-12-7-18(23)21(11-12)14-5-6-14/h1-4,10,12,14,19H,5-9,11H2,(H,20,22). The number of benzene rings is 1. The van der Waals surface area contributed by atoms with Gasteiger partial charge < -0.3 is 15.2 Å². The summed E-state index contributed by atoms with van der Waals surface area (Å²) in [7, 11) is 0. The van der Waals surface area contributed by atoms with E-state index in [2.05, 4.69) is 10.3 Å². The molecule has 0 spiro atoms. The van der Waals surface area contributed by atoms with Crippen LogP contribution in [0.3, 0.4) is 0 Å². The van der Waals surface area contributed by atoms with Gasteiger partial charge in [0.1, 0.15) is 0 Å². The molecule has 0 radical (unpaired) electrons. The van der Waals surface area contributed by atoms with Crippen molar-refractivity contribution >= 4 is 22.7 Å². The Balaban J connectivity index is 1.31. The van der Waals surface area contributed by atoms with E-state index in [9.17, 15) is 9.59 Å². The molecule has 1 aliphatic carbocycles. The fraction of sp³-hybridized carbons (Fsp3) is 0.444. The molecule has 4 rings (SSSR count). The third-order valence-corrected chi connectivity index (χ3v) is 4.84. The molecule has 2 heterocycles. The molecule has 5 nitrogen and oxygen atoms in total. The summed E-state index contributed by atoms with van der Waals surface area (Å²) in [4.78, 5) is 29.3. The fourth-order valence-electron chi connectivity index (χ4n) is 3.46. The second-order valence-electron chi connectivity index (χ2n) is 6.69. The van der Waals surface area contributed by atoms with Gasteiger partial charge >= 0.3 is 0 Å². The Morgan fingerprint density at radius 3 is 2.96 bits per heavy atom. The minimum Gasteiger partial charge on any atom is -0.361 e. The van der Waals surface area contributed by atoms with Gasteiger partial charge in [0.05, 0.1) is 6.42 Å². The maximum atomic E-state index is 12.2. The highest BCUT2D eigenvalue weighted by Crippen LogP contribution is 2.32. The predicted molar refractivity (Wildman–Crippen MR) is 87.9 cm³/mol. The van der Waals surface area contributed by atoms with Crippen LogP contribution in [-0.4, -0.2) is 40.8 Å². The average Bonchev–Trinajstić information content (AvgIpc) is 3.22. The second-order valence-corrected chi connectivity index (χ2v) is 6.69. The Labute approximate surface area is 135 Å². The summed E-state index contributed by atoms with van der Waals surface area (Å²) in [5.41, 5.74) is 2.07. The molecular weight excluding hydrogens is 290 g/mol. The van der Waals surface area contributed by atoms with Crippen LogP contribution >= 0.6 is 0 Å². The molecule has 1 aliphatic heterocycles. The van der Waals surface area contributed by atoms with Crippen molar-refractivity contribution in [2.75, 3.05) is 13.1 Å². The van der Waals surface area contributed by atoms with Gasteiger partial charge in [-0.25, -0.2) is 0 Å². The number of hydrogen-bond donors (Lipinski definition) is 2. The van der Waals surface area contributed by atoms with E-state index in [0.717, 1.165) is 35.9 Å². The van der Waals surface area contributed by atoms with Crippen molar-refractivity contribution in [3.05, 3.63) is 36.0 Å². The zero-order valence-corrected chi connectivity index (χ0v) is 13.0. The molecule has 1 saturated heterocycles. The maximum Gasteiger partial charge on any atom is 0.224 e. The molecule has 1 aromatic heterocycles. The van der Waals surface area contributed by atoms with Crippen LogP contribution in [0.5, 0.6) is 0 Å². The number of amides is 2. The first-order valence-corrected chi connectivity index (χ1v) is 8.32. The first kappa shape index (κ1) is 14.3. The van der Waals surface area contributed by atoms with Crippen LogP contribution in [0.25, 0.3) is 10.9 Å². The Hall–Kier alpha value is -2.30. The van der Waals surface area contributed by atoms with Crippen LogP contribution in [0.1, 0.15) is 24.8 Å². The zero-order chi connectivity index (χ0) is 15.8. The lowest BCUT2D eigenvalue weighted by atomic mass is 10.1. The summed E-state index contributed by atoms with van der Waals surface area (Å²) in [5, 5.41) is 4.09. The van der Waals surface area contributed by atoms with E-state index in [4.69, 9.17) is 0 Å². The molecule has 2 amide bonds. The molecule has 2 aromatic rings. The van der Waals surface area contributed by atoms with Crippen LogP contribution < -0.4 is 5.32 Å². The Kier molecular flexibility index (Phi) is 3.56. The highest BCUT2D eigenvalue weighted by Gasteiger charge is 2.39. The van der Waals surface area contributed by atoms with Gasteiger partial charge in [-0.2, -0.15) is 0 Å². The summed E-state index contributed by atoms with van der Waals surface area (Å²) < 4.78 is 0. The van der Waals surface area contributed by atoms with Crippen LogP contribution in [0.15, 0.2) is 30.5 Å². The summed E-state index contributed by atoms with van der Waals surface area (Å²) >= 11 is 0. The highest BCUT2D eigenvalue weighted by atomic mass is 16.2. The normalized spacial score (nSPS) is 21.1. The van der Waals surface area contributed by atoms with Crippen LogP contribution in [-0.2, 0) is 16.0 Å². The van der Waals surface area contributed by atoms with Crippen molar-refractivity contribution in [1.82, 2.24) is 15.2 Å². The summed E-state index contributed by atoms with van der Waals surface area (Å²) in [6, 6.07) is 8.47. The van der Waals surface area contributed by atoms with Crippen LogP contribution in [0.4, 0.5) is 0 Å². The first-order valence-electron chi connectivity index (χ1n) is 8.32. The monoisotopic (exact) mass is 311 g/mol. The molecule has 2 N–H and O–H groups in total. The van der Waals surface area contributed by atoms with E-state index >= 15 is 0 Å². The zero-order valence-electron chi connectivity index (χ0n) is 13.0. The molecule has 1 aromatic carbocycles. The number of aromatic nitrogens is 1. The Bertz CT molecular complexity index is 748. The minimum atomic E-state index is 0.0204. The minimum absolute atomic E-state index is 0.0204. The lowest BCUT2D eigenvalue weighted by molar-refractivity contribution is -0.128. The van der Waals surface area contributed by atoms with Gasteiger partial charge in [-0.1, -0.05) is 18.2 Å². The summed E-state index contributed by atoms with van der Waals surface area (Å²) in [5.74, 6) is 0.533. The highest BCUT2D eigenvalue weighted by molar-refractivity contribution is 5.88. The third kappa shape index (κ3) is 2.96. The Morgan fingerprint density at radius 2 is 2.13 bits per heavy atom. The SMILES string of the molecule is O=C(Cc1c[nH]c2ccccc12)NCC1CC(=O)N(C2CC2)C1. The van der Waals surface area contributed by atoms with E-state index in [1.54, 1.807) is 0 Å². The Morgan fingerprint density at radius 1 is 1.30 bits per heavy atom. The number of carbonyl (C=O) groups is 2. The van der Waals surface area contributed by atoms with Gasteiger partial charge in [-0.15, -0.1) is 0 Å². The molecule has 1 atom stereocenters. The van der Waals surface area contributed by atoms with Crippen LogP contribution in [0.2, 0.25) is 0 Å². The van der Waals surface area contributed by atoms with E-state index in [-0.39, 0.29) is 17.7 Å². The van der Waals surface area contributed by atoms with E-state index in [1.807, 2.05) is 35.4 Å².